The summed E-state index contributed by atoms with van der Waals surface area (Å²) in [5.41, 5.74) is 0. The first kappa shape index (κ1) is 8.83. The summed E-state index contributed by atoms with van der Waals surface area (Å²) in [4.78, 5) is 0. The number of hydrogen-bond acceptors (Lipinski definition) is 1. The fraction of sp³-hybridized carbons (Fsp3) is 1.00. The van der Waals surface area contributed by atoms with E-state index >= 15 is 0 Å². The molecule has 0 spiro atoms. The molecule has 0 amide bonds. The quantitative estimate of drug-likeness (QED) is 0.613. The highest BCUT2D eigenvalue weighted by molar-refractivity contribution is 5.85. The molecule has 0 radical (unpaired) electrons. The van der Waals surface area contributed by atoms with Crippen LogP contribution in [0.1, 0.15) is 25.7 Å². The summed E-state index contributed by atoms with van der Waals surface area (Å²) in [6.07, 6.45) is 6.20. The van der Waals surface area contributed by atoms with Gasteiger partial charge in [-0.2, -0.15) is 0 Å². The van der Waals surface area contributed by atoms with Crippen molar-refractivity contribution >= 4 is 12.4 Å². The van der Waals surface area contributed by atoms with E-state index in [9.17, 15) is 0 Å². The van der Waals surface area contributed by atoms with Crippen LogP contribution < -0.4 is 5.32 Å². The van der Waals surface area contributed by atoms with E-state index in [1.165, 1.54) is 13.1 Å². The predicted molar refractivity (Wildman–Crippen MR) is 52.5 cm³/mol. The average molecular weight is 188 g/mol. The van der Waals surface area contributed by atoms with E-state index in [1.54, 1.807) is 25.7 Å². The molecule has 70 valence electrons. The molecule has 0 aromatic heterocycles. The standard InChI is InChI=1S/C10H17N.ClH/c1-2-8-4-3-7(1)9-5-11-6-10(8)9;/h7-11H,1-6H2;1H/t7?,8?,9-,10+;. The van der Waals surface area contributed by atoms with Crippen LogP contribution in [0.3, 0.4) is 0 Å². The third-order valence-electron chi connectivity index (χ3n) is 4.34. The van der Waals surface area contributed by atoms with Gasteiger partial charge in [0, 0.05) is 0 Å². The van der Waals surface area contributed by atoms with Gasteiger partial charge < -0.3 is 5.32 Å². The van der Waals surface area contributed by atoms with Gasteiger partial charge in [-0.25, -0.2) is 0 Å². The first-order valence-electron chi connectivity index (χ1n) is 5.16. The van der Waals surface area contributed by atoms with Gasteiger partial charge >= 0.3 is 0 Å². The Morgan fingerprint density at radius 1 is 0.750 bits per heavy atom. The van der Waals surface area contributed by atoms with Gasteiger partial charge in [-0.05, 0) is 62.4 Å². The second-order valence-electron chi connectivity index (χ2n) is 4.66. The second kappa shape index (κ2) is 3.19. The molecule has 2 atom stereocenters. The zero-order valence-corrected chi connectivity index (χ0v) is 8.28. The van der Waals surface area contributed by atoms with Crippen molar-refractivity contribution in [2.45, 2.75) is 25.7 Å². The Morgan fingerprint density at radius 2 is 1.17 bits per heavy atom. The number of fused-ring (bicyclic) bond motifs is 2. The molecule has 3 aliphatic carbocycles. The van der Waals surface area contributed by atoms with Gasteiger partial charge in [-0.1, -0.05) is 0 Å². The summed E-state index contributed by atoms with van der Waals surface area (Å²) in [6.45, 7) is 2.68. The topological polar surface area (TPSA) is 12.0 Å². The van der Waals surface area contributed by atoms with Crippen LogP contribution in [0.15, 0.2) is 0 Å². The lowest BCUT2D eigenvalue weighted by atomic mass is 9.60. The van der Waals surface area contributed by atoms with Crippen molar-refractivity contribution in [1.29, 1.82) is 0 Å². The van der Waals surface area contributed by atoms with Crippen molar-refractivity contribution < 1.29 is 0 Å². The Bertz CT molecular complexity index is 145. The Hall–Kier alpha value is 0.250. The average Bonchev–Trinajstić information content (AvgIpc) is 2.55. The Labute approximate surface area is 80.7 Å². The molecule has 0 aromatic rings. The van der Waals surface area contributed by atoms with Crippen molar-refractivity contribution in [2.24, 2.45) is 23.7 Å². The largest absolute Gasteiger partial charge is 0.316 e. The molecule has 12 heavy (non-hydrogen) atoms. The highest BCUT2D eigenvalue weighted by Gasteiger charge is 2.45. The first-order chi connectivity index (χ1) is 5.45. The number of halogens is 1. The SMILES string of the molecule is C1CC2CCC1[C@H]1CNC[C@@H]21.Cl. The maximum atomic E-state index is 3.57. The maximum absolute atomic E-state index is 3.57. The zero-order valence-electron chi connectivity index (χ0n) is 7.46. The normalized spacial score (nSPS) is 50.0. The summed E-state index contributed by atoms with van der Waals surface area (Å²) >= 11 is 0. The molecule has 1 saturated heterocycles. The smallest absolute Gasteiger partial charge is 0.00145 e. The Kier molecular flexibility index (Phi) is 2.35. The van der Waals surface area contributed by atoms with Crippen LogP contribution in [0.4, 0.5) is 0 Å². The lowest BCUT2D eigenvalue weighted by Crippen LogP contribution is -2.38. The fourth-order valence-corrected chi connectivity index (χ4v) is 3.75. The van der Waals surface area contributed by atoms with Gasteiger partial charge in [0.1, 0.15) is 0 Å². The van der Waals surface area contributed by atoms with Crippen LogP contribution in [0, 0.1) is 23.7 Å². The van der Waals surface area contributed by atoms with Gasteiger partial charge in [-0.15, -0.1) is 12.4 Å². The van der Waals surface area contributed by atoms with Crippen LogP contribution >= 0.6 is 12.4 Å². The van der Waals surface area contributed by atoms with Crippen LogP contribution in [-0.4, -0.2) is 13.1 Å². The third kappa shape index (κ3) is 1.10. The molecule has 2 bridgehead atoms. The van der Waals surface area contributed by atoms with E-state index in [0.717, 1.165) is 23.7 Å². The van der Waals surface area contributed by atoms with Crippen LogP contribution in [-0.2, 0) is 0 Å². The molecule has 3 saturated carbocycles. The number of hydrogen-bond donors (Lipinski definition) is 1. The summed E-state index contributed by atoms with van der Waals surface area (Å²) in [6, 6.07) is 0. The molecule has 1 aliphatic heterocycles. The molecule has 4 fully saturated rings. The number of nitrogens with one attached hydrogen (secondary N) is 1. The maximum Gasteiger partial charge on any atom is -0.00145 e. The molecule has 4 rings (SSSR count). The minimum atomic E-state index is 0. The van der Waals surface area contributed by atoms with Gasteiger partial charge in [0.15, 0.2) is 0 Å². The molecular formula is C10H18ClN. The molecule has 0 unspecified atom stereocenters. The van der Waals surface area contributed by atoms with E-state index in [-0.39, 0.29) is 12.4 Å². The minimum absolute atomic E-state index is 0. The third-order valence-corrected chi connectivity index (χ3v) is 4.34. The summed E-state index contributed by atoms with van der Waals surface area (Å²) in [5.74, 6) is 4.39. The van der Waals surface area contributed by atoms with Crippen molar-refractivity contribution in [3.63, 3.8) is 0 Å². The Morgan fingerprint density at radius 3 is 1.58 bits per heavy atom. The molecule has 0 aromatic carbocycles. The van der Waals surface area contributed by atoms with E-state index in [0.29, 0.717) is 0 Å². The second-order valence-corrected chi connectivity index (χ2v) is 4.66. The van der Waals surface area contributed by atoms with Crippen LogP contribution in [0.25, 0.3) is 0 Å². The molecule has 1 N–H and O–H groups in total. The molecular weight excluding hydrogens is 170 g/mol. The fourth-order valence-electron chi connectivity index (χ4n) is 3.75. The molecule has 2 heteroatoms. The summed E-state index contributed by atoms with van der Waals surface area (Å²) < 4.78 is 0. The highest BCUT2D eigenvalue weighted by atomic mass is 35.5. The van der Waals surface area contributed by atoms with E-state index < -0.39 is 0 Å². The summed E-state index contributed by atoms with van der Waals surface area (Å²) in [5, 5.41) is 3.57. The minimum Gasteiger partial charge on any atom is -0.316 e. The number of rotatable bonds is 0. The van der Waals surface area contributed by atoms with Crippen LogP contribution in [0.5, 0.6) is 0 Å². The van der Waals surface area contributed by atoms with E-state index in [2.05, 4.69) is 5.32 Å². The van der Waals surface area contributed by atoms with Crippen molar-refractivity contribution in [1.82, 2.24) is 5.32 Å². The van der Waals surface area contributed by atoms with E-state index in [4.69, 9.17) is 0 Å². The predicted octanol–water partition coefficient (Wildman–Crippen LogP) is 2.06. The first-order valence-corrected chi connectivity index (χ1v) is 5.16. The monoisotopic (exact) mass is 187 g/mol. The highest BCUT2D eigenvalue weighted by Crippen LogP contribution is 2.49. The van der Waals surface area contributed by atoms with Gasteiger partial charge in [-0.3, -0.25) is 0 Å². The van der Waals surface area contributed by atoms with E-state index in [1.807, 2.05) is 0 Å². The molecule has 4 aliphatic rings. The van der Waals surface area contributed by atoms with Crippen molar-refractivity contribution in [2.75, 3.05) is 13.1 Å². The lowest BCUT2D eigenvalue weighted by molar-refractivity contribution is 0.0577. The van der Waals surface area contributed by atoms with Gasteiger partial charge in [0.25, 0.3) is 0 Å². The van der Waals surface area contributed by atoms with Crippen molar-refractivity contribution in [3.05, 3.63) is 0 Å². The zero-order chi connectivity index (χ0) is 7.26. The van der Waals surface area contributed by atoms with Gasteiger partial charge in [0.05, 0.1) is 0 Å². The lowest BCUT2D eigenvalue weighted by Gasteiger charge is -2.45. The van der Waals surface area contributed by atoms with Gasteiger partial charge in [0.2, 0.25) is 0 Å². The van der Waals surface area contributed by atoms with Crippen molar-refractivity contribution in [3.8, 4) is 0 Å². The molecule has 1 heterocycles. The Balaban J connectivity index is 0.000000563. The molecule has 1 nitrogen and oxygen atoms in total. The van der Waals surface area contributed by atoms with Crippen LogP contribution in [0.2, 0.25) is 0 Å². The summed E-state index contributed by atoms with van der Waals surface area (Å²) in [7, 11) is 0.